The van der Waals surface area contributed by atoms with Gasteiger partial charge >= 0.3 is 0 Å². The molecule has 0 fully saturated rings. The number of aromatic nitrogens is 1. The number of anilines is 1. The fraction of sp³-hybridized carbons (Fsp3) is 0.136. The highest BCUT2D eigenvalue weighted by molar-refractivity contribution is 6.11. The van der Waals surface area contributed by atoms with Gasteiger partial charge in [0.25, 0.3) is 5.91 Å². The molecule has 1 heterocycles. The smallest absolute Gasteiger partial charge is 0.272 e. The van der Waals surface area contributed by atoms with Crippen LogP contribution in [0.1, 0.15) is 23.0 Å². The Morgan fingerprint density at radius 2 is 1.60 bits per heavy atom. The summed E-state index contributed by atoms with van der Waals surface area (Å²) < 4.78 is 2.09. The lowest BCUT2D eigenvalue weighted by molar-refractivity contribution is 0.101. The summed E-state index contributed by atoms with van der Waals surface area (Å²) in [5, 5.41) is 6.42. The van der Waals surface area contributed by atoms with Crippen LogP contribution in [-0.4, -0.2) is 10.5 Å². The summed E-state index contributed by atoms with van der Waals surface area (Å²) in [5.41, 5.74) is 3.70. The minimum atomic E-state index is -0.0631. The highest BCUT2D eigenvalue weighted by Gasteiger charge is 2.19. The second-order valence-electron chi connectivity index (χ2n) is 6.22. The van der Waals surface area contributed by atoms with Crippen LogP contribution in [0.5, 0.6) is 0 Å². The Hall–Kier alpha value is -3.07. The van der Waals surface area contributed by atoms with E-state index in [-0.39, 0.29) is 5.91 Å². The van der Waals surface area contributed by atoms with Crippen LogP contribution in [0.2, 0.25) is 0 Å². The Kier molecular flexibility index (Phi) is 3.77. The molecule has 0 saturated carbocycles. The highest BCUT2D eigenvalue weighted by Crippen LogP contribution is 2.28. The van der Waals surface area contributed by atoms with Gasteiger partial charge in [0.05, 0.1) is 0 Å². The zero-order chi connectivity index (χ0) is 17.4. The highest BCUT2D eigenvalue weighted by atomic mass is 16.2. The van der Waals surface area contributed by atoms with Crippen molar-refractivity contribution in [2.45, 2.75) is 20.4 Å². The molecule has 1 aromatic heterocycles. The number of hydrogen-bond acceptors (Lipinski definition) is 1. The van der Waals surface area contributed by atoms with Gasteiger partial charge < -0.3 is 9.88 Å². The number of nitrogens with one attached hydrogen (secondary N) is 1. The lowest BCUT2D eigenvalue weighted by atomic mass is 10.1. The molecule has 0 aliphatic rings. The van der Waals surface area contributed by atoms with Gasteiger partial charge in [-0.05, 0) is 36.9 Å². The van der Waals surface area contributed by atoms with E-state index in [1.54, 1.807) is 0 Å². The first-order valence-electron chi connectivity index (χ1n) is 8.57. The maximum absolute atomic E-state index is 13.1. The Labute approximate surface area is 146 Å². The molecule has 0 radical (unpaired) electrons. The number of fused-ring (bicyclic) bond motifs is 2. The van der Waals surface area contributed by atoms with E-state index < -0.39 is 0 Å². The number of carbonyl (C=O) groups excluding carboxylic acids is 1. The number of benzene rings is 3. The fourth-order valence-electron chi connectivity index (χ4n) is 3.61. The van der Waals surface area contributed by atoms with Crippen molar-refractivity contribution in [1.29, 1.82) is 0 Å². The molecule has 0 spiro atoms. The van der Waals surface area contributed by atoms with Crippen molar-refractivity contribution in [3.05, 3.63) is 78.0 Å². The molecule has 0 atom stereocenters. The van der Waals surface area contributed by atoms with Crippen LogP contribution in [0, 0.1) is 6.92 Å². The largest absolute Gasteiger partial charge is 0.337 e. The Bertz CT molecular complexity index is 1090. The van der Waals surface area contributed by atoms with Gasteiger partial charge in [0.15, 0.2) is 0 Å². The van der Waals surface area contributed by atoms with Crippen molar-refractivity contribution in [1.82, 2.24) is 4.57 Å². The minimum Gasteiger partial charge on any atom is -0.337 e. The van der Waals surface area contributed by atoms with Crippen LogP contribution < -0.4 is 5.32 Å². The van der Waals surface area contributed by atoms with Crippen LogP contribution in [0.4, 0.5) is 5.69 Å². The van der Waals surface area contributed by atoms with Crippen molar-refractivity contribution in [3.8, 4) is 0 Å². The maximum atomic E-state index is 13.1. The lowest BCUT2D eigenvalue weighted by Gasteiger charge is -2.12. The summed E-state index contributed by atoms with van der Waals surface area (Å²) >= 11 is 0. The molecule has 0 saturated heterocycles. The topological polar surface area (TPSA) is 34.0 Å². The summed E-state index contributed by atoms with van der Waals surface area (Å²) in [6.07, 6.45) is 0. The van der Waals surface area contributed by atoms with Crippen molar-refractivity contribution in [3.63, 3.8) is 0 Å². The molecule has 3 aromatic carbocycles. The van der Waals surface area contributed by atoms with Gasteiger partial charge in [-0.3, -0.25) is 4.79 Å². The van der Waals surface area contributed by atoms with E-state index in [1.807, 2.05) is 49.4 Å². The molecule has 3 heteroatoms. The standard InChI is InChI=1S/C22H20N2O/c1-3-24-20-14-7-6-11-17(20)15(2)21(24)22(25)23-19-13-8-10-16-9-4-5-12-18(16)19/h4-14H,3H2,1-2H3,(H,23,25). The van der Waals surface area contributed by atoms with Crippen LogP contribution in [-0.2, 0) is 6.54 Å². The average Bonchev–Trinajstić information content (AvgIpc) is 2.94. The molecular formula is C22H20N2O. The van der Waals surface area contributed by atoms with E-state index >= 15 is 0 Å². The van der Waals surface area contributed by atoms with Gasteiger partial charge in [-0.2, -0.15) is 0 Å². The van der Waals surface area contributed by atoms with Crippen molar-refractivity contribution in [2.75, 3.05) is 5.32 Å². The number of aryl methyl sites for hydroxylation is 2. The molecule has 4 rings (SSSR count). The van der Waals surface area contributed by atoms with E-state index in [0.29, 0.717) is 0 Å². The average molecular weight is 328 g/mol. The van der Waals surface area contributed by atoms with Gasteiger partial charge in [-0.1, -0.05) is 54.6 Å². The summed E-state index contributed by atoms with van der Waals surface area (Å²) in [6, 6.07) is 22.2. The second-order valence-corrected chi connectivity index (χ2v) is 6.22. The van der Waals surface area contributed by atoms with Crippen molar-refractivity contribution in [2.24, 2.45) is 0 Å². The summed E-state index contributed by atoms with van der Waals surface area (Å²) in [6.45, 7) is 4.85. The quantitative estimate of drug-likeness (QED) is 0.538. The monoisotopic (exact) mass is 328 g/mol. The lowest BCUT2D eigenvalue weighted by Crippen LogP contribution is -2.18. The van der Waals surface area contributed by atoms with Crippen LogP contribution in [0.15, 0.2) is 66.7 Å². The minimum absolute atomic E-state index is 0.0631. The molecule has 3 nitrogen and oxygen atoms in total. The molecule has 4 aromatic rings. The number of nitrogens with zero attached hydrogens (tertiary/aromatic N) is 1. The molecular weight excluding hydrogens is 308 g/mol. The molecule has 0 bridgehead atoms. The third kappa shape index (κ3) is 2.49. The summed E-state index contributed by atoms with van der Waals surface area (Å²) in [5.74, 6) is -0.0631. The predicted molar refractivity (Wildman–Crippen MR) is 104 cm³/mol. The van der Waals surface area contributed by atoms with Crippen molar-refractivity contribution >= 4 is 33.3 Å². The number of amides is 1. The third-order valence-corrected chi connectivity index (χ3v) is 4.79. The first-order valence-corrected chi connectivity index (χ1v) is 8.57. The van der Waals surface area contributed by atoms with E-state index in [0.717, 1.165) is 45.2 Å². The molecule has 25 heavy (non-hydrogen) atoms. The molecule has 124 valence electrons. The second kappa shape index (κ2) is 6.10. The van der Waals surface area contributed by atoms with Gasteiger partial charge in [-0.25, -0.2) is 0 Å². The van der Waals surface area contributed by atoms with Crippen LogP contribution in [0.3, 0.4) is 0 Å². The van der Waals surface area contributed by atoms with E-state index in [4.69, 9.17) is 0 Å². The van der Waals surface area contributed by atoms with Crippen molar-refractivity contribution < 1.29 is 4.79 Å². The zero-order valence-corrected chi connectivity index (χ0v) is 14.4. The molecule has 1 N–H and O–H groups in total. The molecule has 0 aliphatic heterocycles. The first kappa shape index (κ1) is 15.5. The number of hydrogen-bond donors (Lipinski definition) is 1. The Balaban J connectivity index is 1.82. The van der Waals surface area contributed by atoms with Crippen LogP contribution >= 0.6 is 0 Å². The summed E-state index contributed by atoms with van der Waals surface area (Å²) in [4.78, 5) is 13.1. The molecule has 1 amide bonds. The summed E-state index contributed by atoms with van der Waals surface area (Å²) in [7, 11) is 0. The van der Waals surface area contributed by atoms with Gasteiger partial charge in [0.2, 0.25) is 0 Å². The maximum Gasteiger partial charge on any atom is 0.272 e. The zero-order valence-electron chi connectivity index (χ0n) is 14.4. The number of rotatable bonds is 3. The van der Waals surface area contributed by atoms with Gasteiger partial charge in [-0.15, -0.1) is 0 Å². The molecule has 0 unspecified atom stereocenters. The Morgan fingerprint density at radius 1 is 0.920 bits per heavy atom. The Morgan fingerprint density at radius 3 is 2.40 bits per heavy atom. The first-order chi connectivity index (χ1) is 12.2. The number of para-hydroxylation sites is 1. The SMILES string of the molecule is CCn1c(C(=O)Nc2cccc3ccccc23)c(C)c2ccccc21. The normalized spacial score (nSPS) is 11.1. The molecule has 0 aliphatic carbocycles. The third-order valence-electron chi connectivity index (χ3n) is 4.79. The predicted octanol–water partition coefficient (Wildman–Crippen LogP) is 5.38. The van der Waals surface area contributed by atoms with E-state index in [2.05, 4.69) is 41.1 Å². The van der Waals surface area contributed by atoms with Gasteiger partial charge in [0.1, 0.15) is 5.69 Å². The van der Waals surface area contributed by atoms with E-state index in [1.165, 1.54) is 0 Å². The van der Waals surface area contributed by atoms with Crippen LogP contribution in [0.25, 0.3) is 21.7 Å². The number of carbonyl (C=O) groups is 1. The fourth-order valence-corrected chi connectivity index (χ4v) is 3.61. The van der Waals surface area contributed by atoms with E-state index in [9.17, 15) is 4.79 Å². The van der Waals surface area contributed by atoms with Gasteiger partial charge in [0, 0.05) is 28.5 Å².